The molecule has 5 heteroatoms. The number of aryl methyl sites for hydroxylation is 1. The minimum atomic E-state index is 0.475. The van der Waals surface area contributed by atoms with Crippen LogP contribution in [0.25, 0.3) is 5.52 Å². The van der Waals surface area contributed by atoms with Crippen molar-refractivity contribution >= 4 is 17.0 Å². The van der Waals surface area contributed by atoms with Crippen LogP contribution in [-0.4, -0.2) is 14.8 Å². The lowest BCUT2D eigenvalue weighted by Gasteiger charge is -1.84. The van der Waals surface area contributed by atoms with Gasteiger partial charge in [-0.2, -0.15) is 4.63 Å². The predicted octanol–water partition coefficient (Wildman–Crippen LogP) is 0.135. The number of nitrogens with one attached hydrogen (secondary N) is 1. The summed E-state index contributed by atoms with van der Waals surface area (Å²) in [6, 6.07) is 1.73. The predicted molar refractivity (Wildman–Crippen MR) is 43.1 cm³/mol. The molecule has 0 saturated heterocycles. The first-order valence-electron chi connectivity index (χ1n) is 3.28. The van der Waals surface area contributed by atoms with Crippen LogP contribution in [0, 0.1) is 6.92 Å². The molecule has 2 rings (SSSR count). The van der Waals surface area contributed by atoms with E-state index in [0.29, 0.717) is 11.5 Å². The van der Waals surface area contributed by atoms with Crippen LogP contribution >= 0.6 is 0 Å². The third-order valence-electron chi connectivity index (χ3n) is 1.68. The van der Waals surface area contributed by atoms with Gasteiger partial charge in [-0.25, -0.2) is 0 Å². The van der Waals surface area contributed by atoms with Crippen molar-refractivity contribution < 1.29 is 0 Å². The van der Waals surface area contributed by atoms with Crippen molar-refractivity contribution in [2.45, 2.75) is 6.92 Å². The second-order valence-electron chi connectivity index (χ2n) is 2.52. The van der Waals surface area contributed by atoms with E-state index in [-0.39, 0.29) is 0 Å². The molecule has 5 N–H and O–H groups in total. The van der Waals surface area contributed by atoms with Crippen molar-refractivity contribution in [3.8, 4) is 0 Å². The highest BCUT2D eigenvalue weighted by molar-refractivity contribution is 5.73. The number of anilines is 2. The van der Waals surface area contributed by atoms with E-state index in [1.807, 2.05) is 6.92 Å². The van der Waals surface area contributed by atoms with Gasteiger partial charge in [0, 0.05) is 6.07 Å². The van der Waals surface area contributed by atoms with E-state index >= 15 is 0 Å². The lowest BCUT2D eigenvalue weighted by Crippen LogP contribution is -1.90. The van der Waals surface area contributed by atoms with Crippen LogP contribution in [0.2, 0.25) is 0 Å². The third kappa shape index (κ3) is 0.674. The van der Waals surface area contributed by atoms with E-state index < -0.39 is 0 Å². The van der Waals surface area contributed by atoms with Crippen LogP contribution in [-0.2, 0) is 0 Å². The fourth-order valence-corrected chi connectivity index (χ4v) is 1.09. The van der Waals surface area contributed by atoms with Crippen LogP contribution in [0.3, 0.4) is 0 Å². The van der Waals surface area contributed by atoms with Crippen molar-refractivity contribution in [3.63, 3.8) is 0 Å². The van der Waals surface area contributed by atoms with Gasteiger partial charge in [-0.15, -0.1) is 5.10 Å². The van der Waals surface area contributed by atoms with Crippen molar-refractivity contribution in [2.24, 2.45) is 0 Å². The van der Waals surface area contributed by atoms with E-state index in [4.69, 9.17) is 11.5 Å². The number of nitrogen functional groups attached to an aromatic ring is 2. The average molecular weight is 151 g/mol. The minimum Gasteiger partial charge on any atom is -0.395 e. The van der Waals surface area contributed by atoms with E-state index in [2.05, 4.69) is 10.2 Å². The number of nitrogens with two attached hydrogens (primary N) is 2. The number of hydrogen-bond donors (Lipinski definition) is 3. The molecule has 0 saturated carbocycles. The first-order chi connectivity index (χ1) is 5.18. The Morgan fingerprint density at radius 2 is 2.27 bits per heavy atom. The van der Waals surface area contributed by atoms with E-state index in [9.17, 15) is 0 Å². The molecule has 2 heterocycles. The molecular formula is C6H9N5. The van der Waals surface area contributed by atoms with Gasteiger partial charge in [0.2, 0.25) is 0 Å². The highest BCUT2D eigenvalue weighted by atomic mass is 15.4. The Labute approximate surface area is 63.0 Å². The van der Waals surface area contributed by atoms with Crippen LogP contribution < -0.4 is 11.5 Å². The third-order valence-corrected chi connectivity index (χ3v) is 1.68. The number of aromatic amines is 1. The summed E-state index contributed by atoms with van der Waals surface area (Å²) in [5, 5.41) is 6.90. The maximum atomic E-state index is 5.70. The Morgan fingerprint density at radius 1 is 1.55 bits per heavy atom. The monoisotopic (exact) mass is 151 g/mol. The summed E-state index contributed by atoms with van der Waals surface area (Å²) in [7, 11) is 0. The Hall–Kier alpha value is -1.65. The zero-order chi connectivity index (χ0) is 8.01. The molecule has 0 aliphatic rings. The average Bonchev–Trinajstić information content (AvgIpc) is 2.37. The molecule has 5 nitrogen and oxygen atoms in total. The molecule has 0 atom stereocenters. The van der Waals surface area contributed by atoms with Gasteiger partial charge in [-0.3, -0.25) is 5.10 Å². The summed E-state index contributed by atoms with van der Waals surface area (Å²) >= 11 is 0. The number of aromatic nitrogens is 3. The molecule has 0 aliphatic heterocycles. The molecule has 0 aliphatic carbocycles. The Balaban J connectivity index is 2.88. The molecule has 2 aromatic heterocycles. The number of rotatable bonds is 0. The van der Waals surface area contributed by atoms with E-state index in [1.165, 1.54) is 0 Å². The van der Waals surface area contributed by atoms with Crippen molar-refractivity contribution in [1.82, 2.24) is 14.8 Å². The smallest absolute Gasteiger partial charge is 0.148 e. The lowest BCUT2D eigenvalue weighted by molar-refractivity contribution is 0.812. The molecule has 0 unspecified atom stereocenters. The number of nitrogens with zero attached hydrogens (tertiary/aromatic N) is 2. The van der Waals surface area contributed by atoms with Crippen molar-refractivity contribution in [1.29, 1.82) is 0 Å². The summed E-state index contributed by atoms with van der Waals surface area (Å²) in [5.41, 5.74) is 13.6. The topological polar surface area (TPSA) is 85.1 Å². The highest BCUT2D eigenvalue weighted by Gasteiger charge is 2.06. The zero-order valence-electron chi connectivity index (χ0n) is 6.13. The van der Waals surface area contributed by atoms with Gasteiger partial charge in [0.1, 0.15) is 11.3 Å². The first kappa shape index (κ1) is 6.09. The van der Waals surface area contributed by atoms with Gasteiger partial charge in [0.05, 0.1) is 11.4 Å². The zero-order valence-corrected chi connectivity index (χ0v) is 6.13. The number of H-pyrrole nitrogens is 1. The summed E-state index contributed by atoms with van der Waals surface area (Å²) in [4.78, 5) is 0. The highest BCUT2D eigenvalue weighted by Crippen LogP contribution is 2.18. The SMILES string of the molecule is Cc1[nH]n2nc(N)cc2c1N. The van der Waals surface area contributed by atoms with Crippen LogP contribution in [0.1, 0.15) is 5.69 Å². The maximum Gasteiger partial charge on any atom is 0.148 e. The molecule has 58 valence electrons. The molecule has 0 aromatic carbocycles. The second-order valence-corrected chi connectivity index (χ2v) is 2.52. The van der Waals surface area contributed by atoms with Gasteiger partial charge in [0.15, 0.2) is 0 Å². The number of hydrogen-bond acceptors (Lipinski definition) is 3. The quantitative estimate of drug-likeness (QED) is 0.500. The molecule has 0 radical (unpaired) electrons. The standard InChI is InChI=1S/C6H9N5/c1-3-6(8)4-2-5(7)10-11(4)9-3/h2,9H,8H2,1H3,(H2,7,10). The van der Waals surface area contributed by atoms with Gasteiger partial charge in [-0.1, -0.05) is 0 Å². The summed E-state index contributed by atoms with van der Waals surface area (Å²) < 4.78 is 1.57. The lowest BCUT2D eigenvalue weighted by atomic mass is 10.3. The van der Waals surface area contributed by atoms with Gasteiger partial charge >= 0.3 is 0 Å². The van der Waals surface area contributed by atoms with Crippen molar-refractivity contribution in [2.75, 3.05) is 11.5 Å². The molecule has 0 spiro atoms. The largest absolute Gasteiger partial charge is 0.395 e. The second kappa shape index (κ2) is 1.69. The fourth-order valence-electron chi connectivity index (χ4n) is 1.09. The number of fused-ring (bicyclic) bond motifs is 1. The first-order valence-corrected chi connectivity index (χ1v) is 3.28. The van der Waals surface area contributed by atoms with Gasteiger partial charge < -0.3 is 11.5 Å². The van der Waals surface area contributed by atoms with Crippen LogP contribution in [0.15, 0.2) is 6.07 Å². The Bertz CT molecular complexity index is 396. The maximum absolute atomic E-state index is 5.70. The normalized spacial score (nSPS) is 11.0. The molecule has 2 aromatic rings. The van der Waals surface area contributed by atoms with Gasteiger partial charge in [0.25, 0.3) is 0 Å². The summed E-state index contributed by atoms with van der Waals surface area (Å²) in [5.74, 6) is 0.475. The molecule has 11 heavy (non-hydrogen) atoms. The van der Waals surface area contributed by atoms with E-state index in [0.717, 1.165) is 11.2 Å². The van der Waals surface area contributed by atoms with Crippen LogP contribution in [0.5, 0.6) is 0 Å². The Morgan fingerprint density at radius 3 is 2.91 bits per heavy atom. The summed E-state index contributed by atoms with van der Waals surface area (Å²) in [6.45, 7) is 1.89. The minimum absolute atomic E-state index is 0.475. The summed E-state index contributed by atoms with van der Waals surface area (Å²) in [6.07, 6.45) is 0. The van der Waals surface area contributed by atoms with Crippen molar-refractivity contribution in [3.05, 3.63) is 11.8 Å². The fraction of sp³-hybridized carbons (Fsp3) is 0.167. The van der Waals surface area contributed by atoms with E-state index in [1.54, 1.807) is 10.7 Å². The van der Waals surface area contributed by atoms with Gasteiger partial charge in [-0.05, 0) is 6.92 Å². The molecule has 0 bridgehead atoms. The molecule has 0 amide bonds. The Kier molecular flexibility index (Phi) is 0.934. The molecule has 0 fully saturated rings. The van der Waals surface area contributed by atoms with Crippen LogP contribution in [0.4, 0.5) is 11.5 Å². The molecular weight excluding hydrogens is 142 g/mol.